The van der Waals surface area contributed by atoms with Crippen LogP contribution in [0.2, 0.25) is 5.02 Å². The van der Waals surface area contributed by atoms with Crippen LogP contribution in [0.1, 0.15) is 24.2 Å². The van der Waals surface area contributed by atoms with Crippen LogP contribution in [-0.2, 0) is 9.53 Å². The highest BCUT2D eigenvalue weighted by Gasteiger charge is 2.20. The van der Waals surface area contributed by atoms with Gasteiger partial charge in [-0.25, -0.2) is 4.79 Å². The monoisotopic (exact) mass is 377 g/mol. The average molecular weight is 378 g/mol. The summed E-state index contributed by atoms with van der Waals surface area (Å²) in [5, 5.41) is 3.02. The van der Waals surface area contributed by atoms with Crippen molar-refractivity contribution in [1.82, 2.24) is 0 Å². The first-order chi connectivity index (χ1) is 12.5. The summed E-state index contributed by atoms with van der Waals surface area (Å²) in [4.78, 5) is 24.5. The predicted octanol–water partition coefficient (Wildman–Crippen LogP) is 3.93. The topological polar surface area (TPSA) is 73.9 Å². The van der Waals surface area contributed by atoms with Gasteiger partial charge in [0.25, 0.3) is 5.91 Å². The third-order valence-corrected chi connectivity index (χ3v) is 3.81. The van der Waals surface area contributed by atoms with Crippen LogP contribution in [0, 0.1) is 0 Å². The molecular formula is C19H20ClNO5. The molecule has 0 aliphatic rings. The number of ether oxygens (including phenoxy) is 3. The molecule has 0 aromatic heterocycles. The molecular weight excluding hydrogens is 358 g/mol. The third kappa shape index (κ3) is 4.89. The smallest absolute Gasteiger partial charge is 0.339 e. The maximum atomic E-state index is 12.3. The Morgan fingerprint density at radius 3 is 2.54 bits per heavy atom. The number of benzene rings is 2. The van der Waals surface area contributed by atoms with E-state index in [4.69, 9.17) is 25.8 Å². The van der Waals surface area contributed by atoms with Gasteiger partial charge in [0.2, 0.25) is 0 Å². The first-order valence-electron chi connectivity index (χ1n) is 8.03. The number of carbonyl (C=O) groups excluding carboxylic acids is 2. The number of anilines is 1. The lowest BCUT2D eigenvalue weighted by atomic mass is 10.2. The maximum Gasteiger partial charge on any atom is 0.339 e. The molecule has 6 nitrogen and oxygen atoms in total. The average Bonchev–Trinajstić information content (AvgIpc) is 2.64. The standard InChI is InChI=1S/C19H20ClNO5/c1-4-25-16-10-9-13(11-17(16)24-3)19(23)26-12(2)18(22)21-15-8-6-5-7-14(15)20/h5-12H,4H2,1-3H3,(H,21,22)/t12-/m1/s1. The summed E-state index contributed by atoms with van der Waals surface area (Å²) < 4.78 is 15.8. The van der Waals surface area contributed by atoms with E-state index in [1.54, 1.807) is 36.4 Å². The number of carbonyl (C=O) groups is 2. The van der Waals surface area contributed by atoms with Gasteiger partial charge in [-0.1, -0.05) is 23.7 Å². The number of methoxy groups -OCH3 is 1. The number of halogens is 1. The lowest BCUT2D eigenvalue weighted by Gasteiger charge is -2.15. The molecule has 0 bridgehead atoms. The van der Waals surface area contributed by atoms with Crippen LogP contribution in [0.25, 0.3) is 0 Å². The van der Waals surface area contributed by atoms with Gasteiger partial charge in [-0.15, -0.1) is 0 Å². The van der Waals surface area contributed by atoms with Gasteiger partial charge in [-0.2, -0.15) is 0 Å². The lowest BCUT2D eigenvalue weighted by Crippen LogP contribution is -2.30. The van der Waals surface area contributed by atoms with Gasteiger partial charge in [0.1, 0.15) is 0 Å². The van der Waals surface area contributed by atoms with Crippen LogP contribution in [0.3, 0.4) is 0 Å². The second-order valence-electron chi connectivity index (χ2n) is 5.32. The molecule has 0 spiro atoms. The van der Waals surface area contributed by atoms with Crippen molar-refractivity contribution in [3.8, 4) is 11.5 Å². The number of hydrogen-bond acceptors (Lipinski definition) is 5. The molecule has 0 saturated heterocycles. The fourth-order valence-corrected chi connectivity index (χ4v) is 2.33. The number of esters is 1. The molecule has 2 aromatic rings. The summed E-state index contributed by atoms with van der Waals surface area (Å²) in [6.45, 7) is 3.80. The van der Waals surface area contributed by atoms with Crippen molar-refractivity contribution < 1.29 is 23.8 Å². The van der Waals surface area contributed by atoms with E-state index < -0.39 is 18.0 Å². The Labute approximate surface area is 157 Å². The van der Waals surface area contributed by atoms with Crippen LogP contribution < -0.4 is 14.8 Å². The van der Waals surface area contributed by atoms with Gasteiger partial charge in [-0.05, 0) is 44.2 Å². The zero-order valence-corrected chi connectivity index (χ0v) is 15.5. The van der Waals surface area contributed by atoms with E-state index in [0.29, 0.717) is 28.8 Å². The Kier molecular flexibility index (Phi) is 6.86. The fourth-order valence-electron chi connectivity index (χ4n) is 2.15. The number of amides is 1. The number of rotatable bonds is 7. The SMILES string of the molecule is CCOc1ccc(C(=O)O[C@H](C)C(=O)Nc2ccccc2Cl)cc1OC. The van der Waals surface area contributed by atoms with Crippen molar-refractivity contribution in [2.75, 3.05) is 19.0 Å². The normalized spacial score (nSPS) is 11.4. The summed E-state index contributed by atoms with van der Waals surface area (Å²) >= 11 is 6.00. The molecule has 7 heteroatoms. The highest BCUT2D eigenvalue weighted by atomic mass is 35.5. The minimum Gasteiger partial charge on any atom is -0.493 e. The predicted molar refractivity (Wildman–Crippen MR) is 99.1 cm³/mol. The van der Waals surface area contributed by atoms with Crippen LogP contribution in [0.4, 0.5) is 5.69 Å². The van der Waals surface area contributed by atoms with Crippen molar-refractivity contribution in [3.63, 3.8) is 0 Å². The molecule has 0 aliphatic heterocycles. The molecule has 1 amide bonds. The largest absolute Gasteiger partial charge is 0.493 e. The zero-order chi connectivity index (χ0) is 19.1. The minimum absolute atomic E-state index is 0.252. The lowest BCUT2D eigenvalue weighted by molar-refractivity contribution is -0.123. The first kappa shape index (κ1) is 19.6. The van der Waals surface area contributed by atoms with Crippen molar-refractivity contribution in [2.24, 2.45) is 0 Å². The van der Waals surface area contributed by atoms with E-state index in [2.05, 4.69) is 5.32 Å². The summed E-state index contributed by atoms with van der Waals surface area (Å²) in [7, 11) is 1.48. The van der Waals surface area contributed by atoms with Crippen LogP contribution in [-0.4, -0.2) is 31.7 Å². The zero-order valence-electron chi connectivity index (χ0n) is 14.7. The molecule has 26 heavy (non-hydrogen) atoms. The molecule has 2 rings (SSSR count). The second-order valence-corrected chi connectivity index (χ2v) is 5.72. The molecule has 0 unspecified atom stereocenters. The summed E-state index contributed by atoms with van der Waals surface area (Å²) in [6.07, 6.45) is -1.00. The Morgan fingerprint density at radius 2 is 1.88 bits per heavy atom. The Balaban J connectivity index is 2.04. The molecule has 1 atom stereocenters. The van der Waals surface area contributed by atoms with E-state index in [-0.39, 0.29) is 5.56 Å². The van der Waals surface area contributed by atoms with Crippen molar-refractivity contribution >= 4 is 29.2 Å². The van der Waals surface area contributed by atoms with Crippen molar-refractivity contribution in [2.45, 2.75) is 20.0 Å². The van der Waals surface area contributed by atoms with Crippen LogP contribution in [0.5, 0.6) is 11.5 Å². The molecule has 0 fully saturated rings. The van der Waals surface area contributed by atoms with Crippen molar-refractivity contribution in [3.05, 3.63) is 53.1 Å². The minimum atomic E-state index is -1.00. The maximum absolute atomic E-state index is 12.3. The summed E-state index contributed by atoms with van der Waals surface area (Å²) in [5.41, 5.74) is 0.701. The van der Waals surface area contributed by atoms with E-state index in [0.717, 1.165) is 0 Å². The Bertz CT molecular complexity index is 793. The van der Waals surface area contributed by atoms with E-state index in [1.807, 2.05) is 6.92 Å². The van der Waals surface area contributed by atoms with Gasteiger partial charge in [0.15, 0.2) is 17.6 Å². The number of para-hydroxylation sites is 1. The second kappa shape index (κ2) is 9.10. The molecule has 1 N–H and O–H groups in total. The highest BCUT2D eigenvalue weighted by molar-refractivity contribution is 6.33. The van der Waals surface area contributed by atoms with E-state index >= 15 is 0 Å². The fraction of sp³-hybridized carbons (Fsp3) is 0.263. The highest BCUT2D eigenvalue weighted by Crippen LogP contribution is 2.28. The Hall–Kier alpha value is -2.73. The number of nitrogens with one attached hydrogen (secondary N) is 1. The molecule has 0 heterocycles. The molecule has 0 aliphatic carbocycles. The quantitative estimate of drug-likeness (QED) is 0.740. The molecule has 2 aromatic carbocycles. The van der Waals surface area contributed by atoms with E-state index in [9.17, 15) is 9.59 Å². The molecule has 0 radical (unpaired) electrons. The van der Waals surface area contributed by atoms with E-state index in [1.165, 1.54) is 20.1 Å². The van der Waals surface area contributed by atoms with Gasteiger partial charge in [0, 0.05) is 0 Å². The third-order valence-electron chi connectivity index (χ3n) is 3.48. The number of hydrogen-bond donors (Lipinski definition) is 1. The van der Waals surface area contributed by atoms with Crippen molar-refractivity contribution in [1.29, 1.82) is 0 Å². The van der Waals surface area contributed by atoms with Gasteiger partial charge in [0.05, 0.1) is 30.0 Å². The molecule has 138 valence electrons. The summed E-state index contributed by atoms with van der Waals surface area (Å²) in [5.74, 6) is -0.192. The molecule has 0 saturated carbocycles. The van der Waals surface area contributed by atoms with Gasteiger partial charge >= 0.3 is 5.97 Å². The first-order valence-corrected chi connectivity index (χ1v) is 8.41. The summed E-state index contributed by atoms with van der Waals surface area (Å²) in [6, 6.07) is 11.5. The van der Waals surface area contributed by atoms with Crippen LogP contribution >= 0.6 is 11.6 Å². The Morgan fingerprint density at radius 1 is 1.15 bits per heavy atom. The van der Waals surface area contributed by atoms with Gasteiger partial charge < -0.3 is 19.5 Å². The van der Waals surface area contributed by atoms with Gasteiger partial charge in [-0.3, -0.25) is 4.79 Å². The van der Waals surface area contributed by atoms with Crippen LogP contribution in [0.15, 0.2) is 42.5 Å².